The Morgan fingerprint density at radius 2 is 2.24 bits per heavy atom. The zero-order valence-corrected chi connectivity index (χ0v) is 10.5. The van der Waals surface area contributed by atoms with Gasteiger partial charge in [0.05, 0.1) is 0 Å². The molecule has 1 fully saturated rings. The number of nitrogens with two attached hydrogens (primary N) is 1. The molecule has 0 radical (unpaired) electrons. The number of nitrogens with zero attached hydrogens (tertiary/aromatic N) is 1. The lowest BCUT2D eigenvalue weighted by molar-refractivity contribution is 0.611. The van der Waals surface area contributed by atoms with E-state index in [0.717, 1.165) is 12.2 Å². The number of benzene rings is 1. The van der Waals surface area contributed by atoms with Gasteiger partial charge in [-0.05, 0) is 36.0 Å². The van der Waals surface area contributed by atoms with E-state index in [9.17, 15) is 0 Å². The lowest BCUT2D eigenvalue weighted by Crippen LogP contribution is -2.36. The molecular formula is C12H18N4S. The van der Waals surface area contributed by atoms with Crippen LogP contribution in [-0.4, -0.2) is 24.0 Å². The van der Waals surface area contributed by atoms with Gasteiger partial charge in [0.1, 0.15) is 0 Å². The number of nitrogens with one attached hydrogen (secondary N) is 2. The quantitative estimate of drug-likeness (QED) is 0.330. The van der Waals surface area contributed by atoms with Crippen molar-refractivity contribution in [2.45, 2.75) is 6.42 Å². The van der Waals surface area contributed by atoms with Crippen LogP contribution in [0, 0.1) is 5.92 Å². The second-order valence-corrected chi connectivity index (χ2v) is 5.20. The predicted octanol–water partition coefficient (Wildman–Crippen LogP) is 1.67. The zero-order valence-electron chi connectivity index (χ0n) is 9.73. The highest BCUT2D eigenvalue weighted by Crippen LogP contribution is 2.23. The molecular weight excluding hydrogens is 232 g/mol. The lowest BCUT2D eigenvalue weighted by atomic mass is 10.1. The second-order valence-electron chi connectivity index (χ2n) is 4.05. The van der Waals surface area contributed by atoms with Gasteiger partial charge in [0, 0.05) is 12.2 Å². The summed E-state index contributed by atoms with van der Waals surface area (Å²) in [6, 6.07) is 9.90. The zero-order chi connectivity index (χ0) is 11.9. The molecule has 1 saturated heterocycles. The molecule has 1 unspecified atom stereocenters. The van der Waals surface area contributed by atoms with Crippen LogP contribution in [-0.2, 0) is 0 Å². The van der Waals surface area contributed by atoms with Crippen LogP contribution in [0.25, 0.3) is 0 Å². The fourth-order valence-electron chi connectivity index (χ4n) is 1.73. The van der Waals surface area contributed by atoms with Crippen molar-refractivity contribution >= 4 is 23.4 Å². The molecule has 1 aromatic rings. The van der Waals surface area contributed by atoms with Crippen molar-refractivity contribution < 1.29 is 0 Å². The summed E-state index contributed by atoms with van der Waals surface area (Å²) in [6.45, 7) is 0.840. The van der Waals surface area contributed by atoms with E-state index >= 15 is 0 Å². The number of para-hydroxylation sites is 1. The van der Waals surface area contributed by atoms with Gasteiger partial charge in [-0.25, -0.2) is 5.84 Å². The SMILES string of the molecule is NNC(=NCC1CCSC1)Nc1ccccc1. The first-order valence-corrected chi connectivity index (χ1v) is 6.95. The summed E-state index contributed by atoms with van der Waals surface area (Å²) in [5.41, 5.74) is 3.60. The Morgan fingerprint density at radius 3 is 2.88 bits per heavy atom. The fourth-order valence-corrected chi connectivity index (χ4v) is 3.00. The van der Waals surface area contributed by atoms with Crippen molar-refractivity contribution in [3.05, 3.63) is 30.3 Å². The summed E-state index contributed by atoms with van der Waals surface area (Å²) in [5, 5.41) is 3.16. The molecule has 5 heteroatoms. The van der Waals surface area contributed by atoms with Gasteiger partial charge in [0.25, 0.3) is 0 Å². The first kappa shape index (κ1) is 12.3. The summed E-state index contributed by atoms with van der Waals surface area (Å²) in [5.74, 6) is 9.26. The predicted molar refractivity (Wildman–Crippen MR) is 75.1 cm³/mol. The van der Waals surface area contributed by atoms with Crippen LogP contribution in [0.3, 0.4) is 0 Å². The normalized spacial score (nSPS) is 20.3. The number of anilines is 1. The molecule has 1 heterocycles. The maximum absolute atomic E-state index is 5.46. The first-order chi connectivity index (χ1) is 8.38. The summed E-state index contributed by atoms with van der Waals surface area (Å²) in [6.07, 6.45) is 1.26. The summed E-state index contributed by atoms with van der Waals surface area (Å²) >= 11 is 2.00. The van der Waals surface area contributed by atoms with E-state index < -0.39 is 0 Å². The maximum Gasteiger partial charge on any atom is 0.210 e. The minimum atomic E-state index is 0.633. The number of hydrogen-bond acceptors (Lipinski definition) is 3. The molecule has 1 aliphatic heterocycles. The smallest absolute Gasteiger partial charge is 0.210 e. The van der Waals surface area contributed by atoms with Crippen molar-refractivity contribution in [3.8, 4) is 0 Å². The van der Waals surface area contributed by atoms with Crippen LogP contribution in [0.4, 0.5) is 5.69 Å². The van der Waals surface area contributed by atoms with Crippen LogP contribution < -0.4 is 16.6 Å². The monoisotopic (exact) mass is 250 g/mol. The maximum atomic E-state index is 5.46. The van der Waals surface area contributed by atoms with Gasteiger partial charge < -0.3 is 5.32 Å². The Morgan fingerprint density at radius 1 is 1.41 bits per heavy atom. The number of thioether (sulfide) groups is 1. The summed E-state index contributed by atoms with van der Waals surface area (Å²) < 4.78 is 0. The second kappa shape index (κ2) is 6.51. The molecule has 0 aromatic heterocycles. The van der Waals surface area contributed by atoms with Gasteiger partial charge in [-0.1, -0.05) is 18.2 Å². The van der Waals surface area contributed by atoms with E-state index in [0.29, 0.717) is 11.9 Å². The van der Waals surface area contributed by atoms with Gasteiger partial charge in [-0.15, -0.1) is 0 Å². The third-order valence-corrected chi connectivity index (χ3v) is 3.94. The Bertz CT molecular complexity index is 360. The highest BCUT2D eigenvalue weighted by atomic mass is 32.2. The molecule has 1 aliphatic rings. The average molecular weight is 250 g/mol. The molecule has 0 bridgehead atoms. The molecule has 1 aromatic carbocycles. The molecule has 0 spiro atoms. The Balaban J connectivity index is 1.89. The van der Waals surface area contributed by atoms with E-state index in [2.05, 4.69) is 15.7 Å². The lowest BCUT2D eigenvalue weighted by Gasteiger charge is -2.10. The Kier molecular flexibility index (Phi) is 4.70. The number of hydrazine groups is 1. The summed E-state index contributed by atoms with van der Waals surface area (Å²) in [4.78, 5) is 4.48. The topological polar surface area (TPSA) is 62.4 Å². The van der Waals surface area contributed by atoms with Crippen molar-refractivity contribution in [1.82, 2.24) is 5.43 Å². The van der Waals surface area contributed by atoms with Gasteiger partial charge in [-0.2, -0.15) is 11.8 Å². The molecule has 17 heavy (non-hydrogen) atoms. The average Bonchev–Trinajstić information content (AvgIpc) is 2.89. The molecule has 4 nitrogen and oxygen atoms in total. The minimum Gasteiger partial charge on any atom is -0.325 e. The molecule has 0 saturated carbocycles. The van der Waals surface area contributed by atoms with Crippen LogP contribution in [0.5, 0.6) is 0 Å². The Hall–Kier alpha value is -1.20. The largest absolute Gasteiger partial charge is 0.325 e. The van der Waals surface area contributed by atoms with Crippen LogP contribution in [0.1, 0.15) is 6.42 Å². The van der Waals surface area contributed by atoms with Crippen molar-refractivity contribution in [1.29, 1.82) is 0 Å². The molecule has 0 aliphatic carbocycles. The van der Waals surface area contributed by atoms with Gasteiger partial charge in [0.15, 0.2) is 0 Å². The van der Waals surface area contributed by atoms with Crippen molar-refractivity contribution in [3.63, 3.8) is 0 Å². The van der Waals surface area contributed by atoms with Crippen molar-refractivity contribution in [2.24, 2.45) is 16.8 Å². The standard InChI is InChI=1S/C12H18N4S/c13-16-12(14-8-10-6-7-17-9-10)15-11-4-2-1-3-5-11/h1-5,10H,6-9,13H2,(H2,14,15,16). The van der Waals surface area contributed by atoms with E-state index in [4.69, 9.17) is 5.84 Å². The van der Waals surface area contributed by atoms with E-state index in [-0.39, 0.29) is 0 Å². The molecule has 0 amide bonds. The van der Waals surface area contributed by atoms with E-state index in [1.165, 1.54) is 17.9 Å². The minimum absolute atomic E-state index is 0.633. The third-order valence-electron chi connectivity index (χ3n) is 2.70. The molecule has 4 N–H and O–H groups in total. The highest BCUT2D eigenvalue weighted by molar-refractivity contribution is 7.99. The highest BCUT2D eigenvalue weighted by Gasteiger charge is 2.14. The van der Waals surface area contributed by atoms with E-state index in [1.807, 2.05) is 42.1 Å². The van der Waals surface area contributed by atoms with E-state index in [1.54, 1.807) is 0 Å². The van der Waals surface area contributed by atoms with Crippen LogP contribution >= 0.6 is 11.8 Å². The fraction of sp³-hybridized carbons (Fsp3) is 0.417. The van der Waals surface area contributed by atoms with Crippen molar-refractivity contribution in [2.75, 3.05) is 23.4 Å². The first-order valence-electron chi connectivity index (χ1n) is 5.79. The van der Waals surface area contributed by atoms with Crippen LogP contribution in [0.2, 0.25) is 0 Å². The van der Waals surface area contributed by atoms with Gasteiger partial charge >= 0.3 is 0 Å². The van der Waals surface area contributed by atoms with Gasteiger partial charge in [-0.3, -0.25) is 10.4 Å². The Labute approximate surface area is 106 Å². The molecule has 92 valence electrons. The number of rotatable bonds is 3. The summed E-state index contributed by atoms with van der Waals surface area (Å²) in [7, 11) is 0. The third kappa shape index (κ3) is 3.94. The number of hydrogen-bond donors (Lipinski definition) is 3. The number of aliphatic imine (C=N–C) groups is 1. The number of guanidine groups is 1. The van der Waals surface area contributed by atoms with Crippen LogP contribution in [0.15, 0.2) is 35.3 Å². The molecule has 1 atom stereocenters. The van der Waals surface area contributed by atoms with Gasteiger partial charge in [0.2, 0.25) is 5.96 Å². The molecule has 2 rings (SSSR count).